The summed E-state index contributed by atoms with van der Waals surface area (Å²) in [6.45, 7) is 1.60. The normalized spacial score (nSPS) is 14.4. The van der Waals surface area contributed by atoms with Gasteiger partial charge in [0.2, 0.25) is 5.89 Å². The lowest BCUT2D eigenvalue weighted by Crippen LogP contribution is -2.12. The molecule has 0 unspecified atom stereocenters. The van der Waals surface area contributed by atoms with E-state index < -0.39 is 15.3 Å². The highest BCUT2D eigenvalue weighted by Gasteiger charge is 2.52. The molecule has 0 saturated heterocycles. The second kappa shape index (κ2) is 10.5. The van der Waals surface area contributed by atoms with Crippen LogP contribution in [0.15, 0.2) is 76.2 Å². The summed E-state index contributed by atoms with van der Waals surface area (Å²) in [6.07, 6.45) is 3.63. The van der Waals surface area contributed by atoms with Crippen LogP contribution in [-0.4, -0.2) is 24.9 Å². The Labute approximate surface area is 236 Å². The molecule has 0 aliphatic heterocycles. The maximum atomic E-state index is 12.8. The maximum absolute atomic E-state index is 12.8. The van der Waals surface area contributed by atoms with Crippen LogP contribution in [0.1, 0.15) is 42.3 Å². The predicted molar refractivity (Wildman–Crippen MR) is 150 cm³/mol. The number of carbonyl (C=O) groups is 1. The standard InChI is InChI=1S/C29H24Cl3NO4S/c1-2-38(35,36)23-9-3-18(4-10-23)13-22(34)14-19-15-24(31)27(25(32)16-19)29(11-12-29)28-33-17-26(37-28)20-5-7-21(30)8-6-20/h3-10,15-17H,2,11-14H2,1H3. The molecule has 5 nitrogen and oxygen atoms in total. The van der Waals surface area contributed by atoms with Crippen molar-refractivity contribution in [3.8, 4) is 11.3 Å². The van der Waals surface area contributed by atoms with Gasteiger partial charge in [-0.2, -0.15) is 0 Å². The molecule has 0 spiro atoms. The van der Waals surface area contributed by atoms with Gasteiger partial charge in [-0.3, -0.25) is 4.79 Å². The van der Waals surface area contributed by atoms with Gasteiger partial charge in [-0.1, -0.05) is 53.9 Å². The van der Waals surface area contributed by atoms with Crippen molar-refractivity contribution in [2.45, 2.75) is 42.9 Å². The molecule has 4 aromatic rings. The molecule has 1 aromatic heterocycles. The quantitative estimate of drug-likeness (QED) is 0.202. The van der Waals surface area contributed by atoms with Gasteiger partial charge in [0, 0.05) is 39.0 Å². The van der Waals surface area contributed by atoms with Gasteiger partial charge in [0.1, 0.15) is 5.78 Å². The Bertz CT molecular complexity index is 1580. The van der Waals surface area contributed by atoms with Gasteiger partial charge in [-0.25, -0.2) is 13.4 Å². The van der Waals surface area contributed by atoms with Gasteiger partial charge < -0.3 is 4.42 Å². The molecule has 196 valence electrons. The molecule has 0 amide bonds. The first-order chi connectivity index (χ1) is 18.1. The third-order valence-electron chi connectivity index (χ3n) is 6.84. The number of oxazole rings is 1. The maximum Gasteiger partial charge on any atom is 0.205 e. The highest BCUT2D eigenvalue weighted by Crippen LogP contribution is 2.57. The van der Waals surface area contributed by atoms with E-state index in [1.54, 1.807) is 61.7 Å². The Kier molecular flexibility index (Phi) is 7.44. The van der Waals surface area contributed by atoms with Crippen LogP contribution in [0.25, 0.3) is 11.3 Å². The molecular weight excluding hydrogens is 565 g/mol. The van der Waals surface area contributed by atoms with Crippen molar-refractivity contribution in [1.82, 2.24) is 4.98 Å². The van der Waals surface area contributed by atoms with Gasteiger partial charge >= 0.3 is 0 Å². The number of Topliss-reactive ketones (excluding diaryl/α,β-unsaturated/α-hetero) is 1. The molecule has 3 aromatic carbocycles. The highest BCUT2D eigenvalue weighted by atomic mass is 35.5. The monoisotopic (exact) mass is 587 g/mol. The van der Waals surface area contributed by atoms with Gasteiger partial charge in [-0.15, -0.1) is 0 Å². The number of nitrogens with zero attached hydrogens (tertiary/aromatic N) is 1. The van der Waals surface area contributed by atoms with E-state index in [0.717, 1.165) is 29.5 Å². The molecule has 1 aliphatic rings. The van der Waals surface area contributed by atoms with E-state index in [-0.39, 0.29) is 29.3 Å². The van der Waals surface area contributed by atoms with E-state index in [1.807, 2.05) is 12.1 Å². The van der Waals surface area contributed by atoms with E-state index in [4.69, 9.17) is 39.2 Å². The number of carbonyl (C=O) groups excluding carboxylic acids is 1. The topological polar surface area (TPSA) is 77.2 Å². The van der Waals surface area contributed by atoms with Crippen molar-refractivity contribution in [2.75, 3.05) is 5.75 Å². The molecule has 0 bridgehead atoms. The van der Waals surface area contributed by atoms with E-state index in [9.17, 15) is 13.2 Å². The van der Waals surface area contributed by atoms with E-state index in [0.29, 0.717) is 32.3 Å². The Morgan fingerprint density at radius 1 is 0.921 bits per heavy atom. The fraction of sp³-hybridized carbons (Fsp3) is 0.241. The summed E-state index contributed by atoms with van der Waals surface area (Å²) in [5.41, 5.74) is 2.59. The number of halogens is 3. The lowest BCUT2D eigenvalue weighted by molar-refractivity contribution is -0.117. The van der Waals surface area contributed by atoms with Crippen molar-refractivity contribution in [1.29, 1.82) is 0 Å². The predicted octanol–water partition coefficient (Wildman–Crippen LogP) is 7.53. The minimum atomic E-state index is -3.28. The zero-order valence-corrected chi connectivity index (χ0v) is 23.6. The fourth-order valence-corrected chi connectivity index (χ4v) is 6.53. The van der Waals surface area contributed by atoms with Crippen molar-refractivity contribution >= 4 is 50.4 Å². The zero-order chi connectivity index (χ0) is 27.1. The van der Waals surface area contributed by atoms with Crippen molar-refractivity contribution in [3.63, 3.8) is 0 Å². The Morgan fingerprint density at radius 2 is 1.53 bits per heavy atom. The summed E-state index contributed by atoms with van der Waals surface area (Å²) in [6, 6.07) is 17.3. The van der Waals surface area contributed by atoms with Crippen LogP contribution in [0.4, 0.5) is 0 Å². The minimum absolute atomic E-state index is 0.0302. The summed E-state index contributed by atoms with van der Waals surface area (Å²) in [5.74, 6) is 1.20. The minimum Gasteiger partial charge on any atom is -0.440 e. The molecule has 5 rings (SSSR count). The zero-order valence-electron chi connectivity index (χ0n) is 20.5. The molecule has 0 N–H and O–H groups in total. The molecule has 1 saturated carbocycles. The van der Waals surface area contributed by atoms with E-state index >= 15 is 0 Å². The van der Waals surface area contributed by atoms with Gasteiger partial charge in [-0.05, 0) is 72.5 Å². The molecular formula is C29H24Cl3NO4S. The number of sulfone groups is 1. The summed E-state index contributed by atoms with van der Waals surface area (Å²) < 4.78 is 30.1. The molecule has 38 heavy (non-hydrogen) atoms. The Hall–Kier alpha value is -2.64. The van der Waals surface area contributed by atoms with Crippen LogP contribution in [0.2, 0.25) is 15.1 Å². The van der Waals surface area contributed by atoms with Crippen molar-refractivity contribution in [2.24, 2.45) is 0 Å². The largest absolute Gasteiger partial charge is 0.440 e. The summed E-state index contributed by atoms with van der Waals surface area (Å²) in [4.78, 5) is 17.6. The van der Waals surface area contributed by atoms with Crippen LogP contribution in [0.3, 0.4) is 0 Å². The molecule has 1 aliphatic carbocycles. The first kappa shape index (κ1) is 26.9. The van der Waals surface area contributed by atoms with E-state index in [2.05, 4.69) is 4.98 Å². The smallest absolute Gasteiger partial charge is 0.205 e. The third kappa shape index (κ3) is 5.41. The third-order valence-corrected chi connectivity index (χ3v) is 9.44. The van der Waals surface area contributed by atoms with Gasteiger partial charge in [0.15, 0.2) is 15.6 Å². The van der Waals surface area contributed by atoms with E-state index in [1.165, 1.54) is 0 Å². The second-order valence-electron chi connectivity index (χ2n) is 9.49. The SMILES string of the molecule is CCS(=O)(=O)c1ccc(CC(=O)Cc2cc(Cl)c(C3(c4ncc(-c5ccc(Cl)cc5)o4)CC3)c(Cl)c2)cc1. The Balaban J connectivity index is 1.32. The number of hydrogen-bond donors (Lipinski definition) is 0. The first-order valence-electron chi connectivity index (χ1n) is 12.2. The highest BCUT2D eigenvalue weighted by molar-refractivity contribution is 7.91. The van der Waals surface area contributed by atoms with Crippen LogP contribution in [0.5, 0.6) is 0 Å². The lowest BCUT2D eigenvalue weighted by Gasteiger charge is -2.17. The molecule has 1 fully saturated rings. The summed E-state index contributed by atoms with van der Waals surface area (Å²) in [5, 5.41) is 1.58. The van der Waals surface area contributed by atoms with Crippen LogP contribution in [0, 0.1) is 0 Å². The molecule has 0 radical (unpaired) electrons. The molecule has 9 heteroatoms. The van der Waals surface area contributed by atoms with Crippen LogP contribution >= 0.6 is 34.8 Å². The van der Waals surface area contributed by atoms with Crippen molar-refractivity contribution in [3.05, 3.63) is 105 Å². The molecule has 0 atom stereocenters. The average molecular weight is 589 g/mol. The van der Waals surface area contributed by atoms with Crippen LogP contribution < -0.4 is 0 Å². The number of ketones is 1. The first-order valence-corrected chi connectivity index (χ1v) is 14.9. The summed E-state index contributed by atoms with van der Waals surface area (Å²) in [7, 11) is -3.28. The second-order valence-corrected chi connectivity index (χ2v) is 13.0. The van der Waals surface area contributed by atoms with Crippen molar-refractivity contribution < 1.29 is 17.6 Å². The average Bonchev–Trinajstić information content (AvgIpc) is 3.51. The number of hydrogen-bond acceptors (Lipinski definition) is 5. The van der Waals surface area contributed by atoms with Crippen LogP contribution in [-0.2, 0) is 32.9 Å². The summed E-state index contributed by atoms with van der Waals surface area (Å²) >= 11 is 19.5. The fourth-order valence-electron chi connectivity index (χ4n) is 4.62. The number of rotatable bonds is 9. The molecule has 1 heterocycles. The van der Waals surface area contributed by atoms with Gasteiger partial charge in [0.05, 0.1) is 22.3 Å². The Morgan fingerprint density at radius 3 is 2.11 bits per heavy atom. The number of benzene rings is 3. The van der Waals surface area contributed by atoms with Gasteiger partial charge in [0.25, 0.3) is 0 Å². The lowest BCUT2D eigenvalue weighted by atomic mass is 9.93. The number of aromatic nitrogens is 1.